The van der Waals surface area contributed by atoms with Crippen LogP contribution in [0.3, 0.4) is 0 Å². The predicted molar refractivity (Wildman–Crippen MR) is 69.0 cm³/mol. The summed E-state index contributed by atoms with van der Waals surface area (Å²) in [5, 5.41) is 8.85. The lowest BCUT2D eigenvalue weighted by Crippen LogP contribution is -2.31. The zero-order valence-corrected chi connectivity index (χ0v) is 11.2. The first-order valence-electron chi connectivity index (χ1n) is 6.39. The van der Waals surface area contributed by atoms with Crippen LogP contribution in [-0.4, -0.2) is 24.2 Å². The van der Waals surface area contributed by atoms with Crippen molar-refractivity contribution < 1.29 is 23.1 Å². The molecule has 1 aliphatic rings. The summed E-state index contributed by atoms with van der Waals surface area (Å²) in [6.45, 7) is 1.97. The van der Waals surface area contributed by atoms with E-state index in [1.807, 2.05) is 6.92 Å². The van der Waals surface area contributed by atoms with E-state index in [0.29, 0.717) is 11.6 Å². The minimum atomic E-state index is -4.67. The quantitative estimate of drug-likeness (QED) is 0.919. The lowest BCUT2D eigenvalue weighted by Gasteiger charge is -2.28. The van der Waals surface area contributed by atoms with E-state index in [0.717, 1.165) is 25.0 Å². The van der Waals surface area contributed by atoms with Crippen LogP contribution in [0.1, 0.15) is 35.7 Å². The van der Waals surface area contributed by atoms with Crippen LogP contribution in [0.5, 0.6) is 0 Å². The number of carboxylic acid groups (broad SMARTS) is 1. The van der Waals surface area contributed by atoms with Gasteiger partial charge in [-0.05, 0) is 43.9 Å². The lowest BCUT2D eigenvalue weighted by atomic mass is 10.0. The van der Waals surface area contributed by atoms with E-state index in [1.165, 1.54) is 6.07 Å². The molecule has 20 heavy (non-hydrogen) atoms. The maximum absolute atomic E-state index is 12.9. The molecule has 0 aliphatic heterocycles. The summed E-state index contributed by atoms with van der Waals surface area (Å²) in [7, 11) is 1.74. The van der Waals surface area contributed by atoms with Crippen LogP contribution in [0.4, 0.5) is 18.9 Å². The van der Waals surface area contributed by atoms with Gasteiger partial charge in [-0.1, -0.05) is 0 Å². The van der Waals surface area contributed by atoms with Crippen molar-refractivity contribution in [2.75, 3.05) is 11.9 Å². The summed E-state index contributed by atoms with van der Waals surface area (Å²) in [5.41, 5.74) is -1.42. The van der Waals surface area contributed by atoms with Gasteiger partial charge in [-0.15, -0.1) is 0 Å². The molecule has 1 aromatic rings. The van der Waals surface area contributed by atoms with E-state index >= 15 is 0 Å². The van der Waals surface area contributed by atoms with Crippen molar-refractivity contribution in [1.82, 2.24) is 0 Å². The normalized spacial score (nSPS) is 16.9. The van der Waals surface area contributed by atoms with E-state index in [-0.39, 0.29) is 6.04 Å². The Bertz CT molecular complexity index is 524. The minimum Gasteiger partial charge on any atom is -0.478 e. The number of nitrogens with zero attached hydrogens (tertiary/aromatic N) is 1. The molecule has 0 radical (unpaired) electrons. The Hall–Kier alpha value is -1.72. The monoisotopic (exact) mass is 287 g/mol. The van der Waals surface area contributed by atoms with Crippen molar-refractivity contribution in [2.45, 2.75) is 32.0 Å². The van der Waals surface area contributed by atoms with E-state index in [9.17, 15) is 18.0 Å². The molecule has 0 bridgehead atoms. The highest BCUT2D eigenvalue weighted by Gasteiger charge is 2.37. The molecule has 0 aromatic heterocycles. The number of hydrogen-bond acceptors (Lipinski definition) is 2. The third kappa shape index (κ3) is 2.89. The van der Waals surface area contributed by atoms with E-state index in [4.69, 9.17) is 5.11 Å². The predicted octanol–water partition coefficient (Wildman–Crippen LogP) is 3.64. The van der Waals surface area contributed by atoms with Gasteiger partial charge in [-0.2, -0.15) is 13.2 Å². The first-order valence-corrected chi connectivity index (χ1v) is 6.39. The number of aromatic carboxylic acids is 1. The third-order valence-electron chi connectivity index (χ3n) is 3.86. The van der Waals surface area contributed by atoms with Crippen molar-refractivity contribution in [3.8, 4) is 0 Å². The molecule has 110 valence electrons. The standard InChI is InChI=1S/C14H16F3NO2/c1-8(9-3-4-9)18(2)10-5-6-11(13(19)20)12(7-10)14(15,16)17/h5-9H,3-4H2,1-2H3,(H,19,20). The van der Waals surface area contributed by atoms with Crippen LogP contribution >= 0.6 is 0 Å². The Morgan fingerprint density at radius 3 is 2.45 bits per heavy atom. The molecule has 1 saturated carbocycles. The van der Waals surface area contributed by atoms with Crippen LogP contribution in [0.2, 0.25) is 0 Å². The zero-order chi connectivity index (χ0) is 15.1. The van der Waals surface area contributed by atoms with Gasteiger partial charge in [-0.3, -0.25) is 0 Å². The molecule has 1 N–H and O–H groups in total. The van der Waals surface area contributed by atoms with Crippen molar-refractivity contribution in [3.63, 3.8) is 0 Å². The van der Waals surface area contributed by atoms with Crippen molar-refractivity contribution in [1.29, 1.82) is 0 Å². The van der Waals surface area contributed by atoms with Crippen molar-refractivity contribution in [3.05, 3.63) is 29.3 Å². The van der Waals surface area contributed by atoms with Gasteiger partial charge in [0.2, 0.25) is 0 Å². The first kappa shape index (κ1) is 14.7. The number of rotatable bonds is 4. The average Bonchev–Trinajstić information content (AvgIpc) is 3.19. The lowest BCUT2D eigenvalue weighted by molar-refractivity contribution is -0.138. The fraction of sp³-hybridized carbons (Fsp3) is 0.500. The third-order valence-corrected chi connectivity index (χ3v) is 3.86. The van der Waals surface area contributed by atoms with Gasteiger partial charge < -0.3 is 10.0 Å². The fourth-order valence-corrected chi connectivity index (χ4v) is 2.30. The highest BCUT2D eigenvalue weighted by Crippen LogP contribution is 2.38. The number of halogens is 3. The summed E-state index contributed by atoms with van der Waals surface area (Å²) < 4.78 is 38.8. The van der Waals surface area contributed by atoms with Crippen molar-refractivity contribution >= 4 is 11.7 Å². The second-order valence-electron chi connectivity index (χ2n) is 5.22. The van der Waals surface area contributed by atoms with Gasteiger partial charge in [0.15, 0.2) is 0 Å². The van der Waals surface area contributed by atoms with Gasteiger partial charge in [0.25, 0.3) is 0 Å². The molecular formula is C14H16F3NO2. The number of hydrogen-bond donors (Lipinski definition) is 1. The summed E-state index contributed by atoms with van der Waals surface area (Å²) in [6, 6.07) is 3.52. The molecule has 2 rings (SSSR count). The van der Waals surface area contributed by atoms with Crippen LogP contribution in [0, 0.1) is 5.92 Å². The second kappa shape index (κ2) is 5.00. The van der Waals surface area contributed by atoms with Crippen molar-refractivity contribution in [2.24, 2.45) is 5.92 Å². The molecule has 0 heterocycles. The molecule has 3 nitrogen and oxygen atoms in total. The fourth-order valence-electron chi connectivity index (χ4n) is 2.30. The maximum Gasteiger partial charge on any atom is 0.417 e. The largest absolute Gasteiger partial charge is 0.478 e. The second-order valence-corrected chi connectivity index (χ2v) is 5.22. The molecule has 0 spiro atoms. The zero-order valence-electron chi connectivity index (χ0n) is 11.2. The molecule has 1 unspecified atom stereocenters. The molecule has 1 fully saturated rings. The Balaban J connectivity index is 2.38. The van der Waals surface area contributed by atoms with Gasteiger partial charge >= 0.3 is 12.1 Å². The Morgan fingerprint density at radius 1 is 1.40 bits per heavy atom. The van der Waals surface area contributed by atoms with E-state index < -0.39 is 23.3 Å². The molecule has 6 heteroatoms. The van der Waals surface area contributed by atoms with E-state index in [1.54, 1.807) is 11.9 Å². The van der Waals surface area contributed by atoms with Crippen LogP contribution < -0.4 is 4.90 Å². The molecule has 0 saturated heterocycles. The molecule has 0 amide bonds. The number of anilines is 1. The SMILES string of the molecule is CC(C1CC1)N(C)c1ccc(C(=O)O)c(C(F)(F)F)c1. The highest BCUT2D eigenvalue weighted by atomic mass is 19.4. The molecular weight excluding hydrogens is 271 g/mol. The van der Waals surface area contributed by atoms with Crippen LogP contribution in [-0.2, 0) is 6.18 Å². The number of benzene rings is 1. The molecule has 1 atom stereocenters. The smallest absolute Gasteiger partial charge is 0.417 e. The Labute approximate surface area is 115 Å². The molecule has 1 aromatic carbocycles. The molecule has 1 aliphatic carbocycles. The van der Waals surface area contributed by atoms with Crippen LogP contribution in [0.15, 0.2) is 18.2 Å². The number of alkyl halides is 3. The summed E-state index contributed by atoms with van der Waals surface area (Å²) >= 11 is 0. The first-order chi connectivity index (χ1) is 9.21. The Kier molecular flexibility index (Phi) is 3.67. The van der Waals surface area contributed by atoms with E-state index in [2.05, 4.69) is 0 Å². The maximum atomic E-state index is 12.9. The topological polar surface area (TPSA) is 40.5 Å². The van der Waals surface area contributed by atoms with Crippen LogP contribution in [0.25, 0.3) is 0 Å². The Morgan fingerprint density at radius 2 is 2.00 bits per heavy atom. The average molecular weight is 287 g/mol. The van der Waals surface area contributed by atoms with Gasteiger partial charge in [-0.25, -0.2) is 4.79 Å². The number of carbonyl (C=O) groups is 1. The highest BCUT2D eigenvalue weighted by molar-refractivity contribution is 5.90. The van der Waals surface area contributed by atoms with Gasteiger partial charge in [0.1, 0.15) is 0 Å². The van der Waals surface area contributed by atoms with Gasteiger partial charge in [0.05, 0.1) is 11.1 Å². The summed E-state index contributed by atoms with van der Waals surface area (Å²) in [6.07, 6.45) is -2.50. The number of carboxylic acids is 1. The minimum absolute atomic E-state index is 0.145. The summed E-state index contributed by atoms with van der Waals surface area (Å²) in [4.78, 5) is 12.7. The van der Waals surface area contributed by atoms with Gasteiger partial charge in [0, 0.05) is 18.8 Å². The summed E-state index contributed by atoms with van der Waals surface area (Å²) in [5.74, 6) is -1.06.